The fraction of sp³-hybridized carbons (Fsp3) is 0.174. The van der Waals surface area contributed by atoms with Crippen LogP contribution in [0.25, 0.3) is 33.3 Å². The molecule has 4 aromatic rings. The van der Waals surface area contributed by atoms with Crippen LogP contribution in [0.5, 0.6) is 17.2 Å². The zero-order valence-electron chi connectivity index (χ0n) is 16.4. The van der Waals surface area contributed by atoms with Crippen LogP contribution in [0, 0.1) is 6.92 Å². The average Bonchev–Trinajstić information content (AvgIpc) is 3.16. The maximum absolute atomic E-state index is 5.58. The number of aromatic amines is 1. The van der Waals surface area contributed by atoms with Crippen LogP contribution >= 0.6 is 0 Å². The monoisotopic (exact) mass is 374 g/mol. The smallest absolute Gasteiger partial charge is 0.161 e. The summed E-state index contributed by atoms with van der Waals surface area (Å²) in [4.78, 5) is 7.87. The van der Waals surface area contributed by atoms with Gasteiger partial charge in [-0.15, -0.1) is 0 Å². The Morgan fingerprint density at radius 1 is 0.750 bits per heavy atom. The molecule has 2 aromatic heterocycles. The SMILES string of the molecule is COc1ccc(-c2c[nH]c3ncc(-c4ccc(C)cc4OC)cc23)cc1OC. The number of nitrogens with one attached hydrogen (secondary N) is 1. The topological polar surface area (TPSA) is 56.4 Å². The Hall–Kier alpha value is -3.47. The molecule has 0 aliphatic heterocycles. The minimum Gasteiger partial charge on any atom is -0.496 e. The minimum atomic E-state index is 0.693. The second-order valence-electron chi connectivity index (χ2n) is 6.60. The van der Waals surface area contributed by atoms with E-state index in [1.165, 1.54) is 0 Å². The number of hydrogen-bond donors (Lipinski definition) is 1. The fourth-order valence-electron chi connectivity index (χ4n) is 3.43. The van der Waals surface area contributed by atoms with Crippen molar-refractivity contribution >= 4 is 11.0 Å². The number of H-pyrrole nitrogens is 1. The number of ether oxygens (including phenoxy) is 3. The Labute approximate surface area is 163 Å². The molecule has 0 unspecified atom stereocenters. The lowest BCUT2D eigenvalue weighted by Gasteiger charge is -2.11. The molecule has 0 aliphatic rings. The summed E-state index contributed by atoms with van der Waals surface area (Å²) in [5, 5.41) is 1.03. The number of aromatic nitrogens is 2. The molecule has 28 heavy (non-hydrogen) atoms. The van der Waals surface area contributed by atoms with Gasteiger partial charge in [0.2, 0.25) is 0 Å². The van der Waals surface area contributed by atoms with Crippen molar-refractivity contribution in [3.63, 3.8) is 0 Å². The van der Waals surface area contributed by atoms with Crippen LogP contribution in [0.2, 0.25) is 0 Å². The van der Waals surface area contributed by atoms with Crippen molar-refractivity contribution in [1.82, 2.24) is 9.97 Å². The van der Waals surface area contributed by atoms with Gasteiger partial charge in [0.25, 0.3) is 0 Å². The minimum absolute atomic E-state index is 0.693. The second-order valence-corrected chi connectivity index (χ2v) is 6.60. The van der Waals surface area contributed by atoms with Crippen molar-refractivity contribution in [2.45, 2.75) is 6.92 Å². The van der Waals surface area contributed by atoms with E-state index in [4.69, 9.17) is 14.2 Å². The summed E-state index contributed by atoms with van der Waals surface area (Å²) in [5.74, 6) is 2.23. The lowest BCUT2D eigenvalue weighted by molar-refractivity contribution is 0.355. The Morgan fingerprint density at radius 3 is 2.29 bits per heavy atom. The Kier molecular flexibility index (Phi) is 4.65. The van der Waals surface area contributed by atoms with Gasteiger partial charge in [0.15, 0.2) is 11.5 Å². The Morgan fingerprint density at radius 2 is 1.54 bits per heavy atom. The molecular formula is C23H22N2O3. The standard InChI is InChI=1S/C23H22N2O3/c1-14-5-7-17(21(9-14)27-3)16-10-18-19(13-25-23(18)24-12-16)15-6-8-20(26-2)22(11-15)28-4/h5-13H,1-4H3,(H,24,25). The summed E-state index contributed by atoms with van der Waals surface area (Å²) in [7, 11) is 4.96. The molecule has 2 heterocycles. The predicted octanol–water partition coefficient (Wildman–Crippen LogP) is 5.23. The predicted molar refractivity (Wildman–Crippen MR) is 111 cm³/mol. The Balaban J connectivity index is 1.86. The first-order chi connectivity index (χ1) is 13.6. The highest BCUT2D eigenvalue weighted by Gasteiger charge is 2.13. The fourth-order valence-corrected chi connectivity index (χ4v) is 3.43. The van der Waals surface area contributed by atoms with E-state index in [0.29, 0.717) is 11.5 Å². The van der Waals surface area contributed by atoms with Crippen molar-refractivity contribution < 1.29 is 14.2 Å². The van der Waals surface area contributed by atoms with Crippen LogP contribution in [0.15, 0.2) is 54.9 Å². The van der Waals surface area contributed by atoms with Crippen molar-refractivity contribution in [2.24, 2.45) is 0 Å². The summed E-state index contributed by atoms with van der Waals surface area (Å²) in [6.07, 6.45) is 3.83. The van der Waals surface area contributed by atoms with E-state index >= 15 is 0 Å². The summed E-state index contributed by atoms with van der Waals surface area (Å²) in [6, 6.07) is 14.2. The van der Waals surface area contributed by atoms with Gasteiger partial charge in [-0.3, -0.25) is 0 Å². The average molecular weight is 374 g/mol. The number of fused-ring (bicyclic) bond motifs is 1. The van der Waals surface area contributed by atoms with Gasteiger partial charge in [0, 0.05) is 34.5 Å². The van der Waals surface area contributed by atoms with Crippen LogP contribution < -0.4 is 14.2 Å². The summed E-state index contributed by atoms with van der Waals surface area (Å²) < 4.78 is 16.4. The normalized spacial score (nSPS) is 10.9. The van der Waals surface area contributed by atoms with Crippen LogP contribution in [0.1, 0.15) is 5.56 Å². The first kappa shape index (κ1) is 17.9. The number of hydrogen-bond acceptors (Lipinski definition) is 4. The lowest BCUT2D eigenvalue weighted by Crippen LogP contribution is -1.91. The molecule has 0 amide bonds. The molecule has 0 atom stereocenters. The van der Waals surface area contributed by atoms with Gasteiger partial charge in [0.1, 0.15) is 11.4 Å². The van der Waals surface area contributed by atoms with E-state index < -0.39 is 0 Å². The summed E-state index contributed by atoms with van der Waals surface area (Å²) in [6.45, 7) is 2.05. The number of pyridine rings is 1. The van der Waals surface area contributed by atoms with Gasteiger partial charge in [-0.05, 0) is 42.3 Å². The molecule has 0 saturated carbocycles. The maximum Gasteiger partial charge on any atom is 0.161 e. The quantitative estimate of drug-likeness (QED) is 0.520. The molecule has 2 aromatic carbocycles. The molecule has 5 nitrogen and oxygen atoms in total. The van der Waals surface area contributed by atoms with Gasteiger partial charge in [0.05, 0.1) is 21.3 Å². The van der Waals surface area contributed by atoms with E-state index in [1.54, 1.807) is 21.3 Å². The molecular weight excluding hydrogens is 352 g/mol. The molecule has 142 valence electrons. The van der Waals surface area contributed by atoms with E-state index in [2.05, 4.69) is 35.1 Å². The Bertz CT molecular complexity index is 1150. The van der Waals surface area contributed by atoms with Gasteiger partial charge >= 0.3 is 0 Å². The first-order valence-electron chi connectivity index (χ1n) is 8.99. The van der Waals surface area contributed by atoms with Crippen molar-refractivity contribution in [3.05, 3.63) is 60.4 Å². The molecule has 0 bridgehead atoms. The van der Waals surface area contributed by atoms with Crippen molar-refractivity contribution in [2.75, 3.05) is 21.3 Å². The van der Waals surface area contributed by atoms with E-state index in [-0.39, 0.29) is 0 Å². The molecule has 5 heteroatoms. The molecule has 0 radical (unpaired) electrons. The highest BCUT2D eigenvalue weighted by atomic mass is 16.5. The summed E-state index contributed by atoms with van der Waals surface area (Å²) in [5.41, 5.74) is 6.09. The third-order valence-corrected chi connectivity index (χ3v) is 4.89. The second kappa shape index (κ2) is 7.27. The molecule has 0 fully saturated rings. The third-order valence-electron chi connectivity index (χ3n) is 4.89. The lowest BCUT2D eigenvalue weighted by atomic mass is 10.0. The number of nitrogens with zero attached hydrogens (tertiary/aromatic N) is 1. The third kappa shape index (κ3) is 3.05. The largest absolute Gasteiger partial charge is 0.496 e. The van der Waals surface area contributed by atoms with Gasteiger partial charge in [-0.2, -0.15) is 0 Å². The van der Waals surface area contributed by atoms with Crippen LogP contribution in [-0.2, 0) is 0 Å². The zero-order valence-corrected chi connectivity index (χ0v) is 16.4. The molecule has 1 N–H and O–H groups in total. The molecule has 0 saturated heterocycles. The van der Waals surface area contributed by atoms with Crippen molar-refractivity contribution in [3.8, 4) is 39.5 Å². The molecule has 4 rings (SSSR count). The molecule has 0 aliphatic carbocycles. The van der Waals surface area contributed by atoms with Crippen LogP contribution in [0.4, 0.5) is 0 Å². The maximum atomic E-state index is 5.58. The number of rotatable bonds is 5. The highest BCUT2D eigenvalue weighted by Crippen LogP contribution is 2.37. The van der Waals surface area contributed by atoms with Gasteiger partial charge in [-0.25, -0.2) is 4.98 Å². The van der Waals surface area contributed by atoms with Crippen molar-refractivity contribution in [1.29, 1.82) is 0 Å². The zero-order chi connectivity index (χ0) is 19.7. The number of methoxy groups -OCH3 is 3. The van der Waals surface area contributed by atoms with E-state index in [9.17, 15) is 0 Å². The van der Waals surface area contributed by atoms with E-state index in [1.807, 2.05) is 36.7 Å². The summed E-state index contributed by atoms with van der Waals surface area (Å²) >= 11 is 0. The van der Waals surface area contributed by atoms with Gasteiger partial charge in [-0.1, -0.05) is 18.2 Å². The number of aryl methyl sites for hydroxylation is 1. The van der Waals surface area contributed by atoms with Gasteiger partial charge < -0.3 is 19.2 Å². The van der Waals surface area contributed by atoms with E-state index in [0.717, 1.165) is 44.6 Å². The highest BCUT2D eigenvalue weighted by molar-refractivity contribution is 5.96. The first-order valence-corrected chi connectivity index (χ1v) is 8.99. The molecule has 0 spiro atoms. The van der Waals surface area contributed by atoms with Crippen LogP contribution in [0.3, 0.4) is 0 Å². The van der Waals surface area contributed by atoms with Crippen LogP contribution in [-0.4, -0.2) is 31.3 Å². The number of benzene rings is 2.